The fraction of sp³-hybridized carbons (Fsp3) is 0.350. The molecule has 2 aromatic rings. The second-order valence-corrected chi connectivity index (χ2v) is 7.41. The Bertz CT molecular complexity index is 721. The zero-order valence-corrected chi connectivity index (χ0v) is 16.8. The third-order valence-corrected chi connectivity index (χ3v) is 5.54. The molecule has 1 unspecified atom stereocenters. The number of thioether (sulfide) groups is 1. The van der Waals surface area contributed by atoms with Crippen molar-refractivity contribution in [2.24, 2.45) is 0 Å². The highest BCUT2D eigenvalue weighted by molar-refractivity contribution is 8.00. The van der Waals surface area contributed by atoms with Gasteiger partial charge in [-0.3, -0.25) is 4.79 Å². The van der Waals surface area contributed by atoms with Crippen molar-refractivity contribution in [1.82, 2.24) is 5.32 Å². The van der Waals surface area contributed by atoms with Crippen LogP contribution >= 0.6 is 23.4 Å². The van der Waals surface area contributed by atoms with E-state index in [1.54, 1.807) is 26.0 Å². The number of methoxy groups -OCH3 is 2. The Morgan fingerprint density at radius 3 is 2.42 bits per heavy atom. The molecule has 140 valence electrons. The third kappa shape index (κ3) is 5.85. The number of amides is 1. The van der Waals surface area contributed by atoms with Gasteiger partial charge in [-0.2, -0.15) is 0 Å². The summed E-state index contributed by atoms with van der Waals surface area (Å²) in [7, 11) is 3.23. The topological polar surface area (TPSA) is 47.6 Å². The maximum absolute atomic E-state index is 12.5. The molecule has 0 aliphatic carbocycles. The largest absolute Gasteiger partial charge is 0.493 e. The summed E-state index contributed by atoms with van der Waals surface area (Å²) in [6.07, 6.45) is 1.49. The highest BCUT2D eigenvalue weighted by Crippen LogP contribution is 2.28. The van der Waals surface area contributed by atoms with Crippen LogP contribution in [0, 0.1) is 0 Å². The molecule has 4 nitrogen and oxygen atoms in total. The Morgan fingerprint density at radius 1 is 1.12 bits per heavy atom. The summed E-state index contributed by atoms with van der Waals surface area (Å²) in [4.78, 5) is 13.5. The van der Waals surface area contributed by atoms with Crippen molar-refractivity contribution in [3.63, 3.8) is 0 Å². The van der Waals surface area contributed by atoms with Crippen molar-refractivity contribution >= 4 is 29.3 Å². The summed E-state index contributed by atoms with van der Waals surface area (Å²) in [6, 6.07) is 13.3. The highest BCUT2D eigenvalue weighted by Gasteiger charge is 2.17. The van der Waals surface area contributed by atoms with Crippen LogP contribution in [0.4, 0.5) is 0 Å². The molecular formula is C20H24ClNO3S. The number of hydrogen-bond acceptors (Lipinski definition) is 4. The SMILES string of the molecule is CCC(Sc1ccc(Cl)cc1)C(=O)NCCc1ccc(OC)c(OC)c1. The number of hydrogen-bond donors (Lipinski definition) is 1. The first-order chi connectivity index (χ1) is 12.6. The van der Waals surface area contributed by atoms with E-state index >= 15 is 0 Å². The molecule has 1 amide bonds. The van der Waals surface area contributed by atoms with Crippen molar-refractivity contribution in [2.45, 2.75) is 29.9 Å². The van der Waals surface area contributed by atoms with Gasteiger partial charge in [-0.25, -0.2) is 0 Å². The van der Waals surface area contributed by atoms with Crippen LogP contribution in [0.3, 0.4) is 0 Å². The van der Waals surface area contributed by atoms with E-state index in [1.807, 2.05) is 49.4 Å². The van der Waals surface area contributed by atoms with Crippen LogP contribution in [-0.4, -0.2) is 31.9 Å². The molecule has 0 saturated heterocycles. The van der Waals surface area contributed by atoms with Crippen LogP contribution in [0.15, 0.2) is 47.4 Å². The fourth-order valence-corrected chi connectivity index (χ4v) is 3.58. The predicted molar refractivity (Wildman–Crippen MR) is 108 cm³/mol. The van der Waals surface area contributed by atoms with Crippen molar-refractivity contribution in [2.75, 3.05) is 20.8 Å². The zero-order chi connectivity index (χ0) is 18.9. The number of rotatable bonds is 9. The van der Waals surface area contributed by atoms with E-state index in [0.717, 1.165) is 23.3 Å². The minimum atomic E-state index is -0.124. The van der Waals surface area contributed by atoms with Crippen molar-refractivity contribution < 1.29 is 14.3 Å². The van der Waals surface area contributed by atoms with Crippen molar-refractivity contribution in [3.8, 4) is 11.5 Å². The Balaban J connectivity index is 1.87. The minimum Gasteiger partial charge on any atom is -0.493 e. The highest BCUT2D eigenvalue weighted by atomic mass is 35.5. The Morgan fingerprint density at radius 2 is 1.81 bits per heavy atom. The smallest absolute Gasteiger partial charge is 0.233 e. The lowest BCUT2D eigenvalue weighted by atomic mass is 10.1. The minimum absolute atomic E-state index is 0.0490. The number of benzene rings is 2. The molecule has 0 spiro atoms. The van der Waals surface area contributed by atoms with Crippen LogP contribution < -0.4 is 14.8 Å². The van der Waals surface area contributed by atoms with Gasteiger partial charge in [0, 0.05) is 16.5 Å². The van der Waals surface area contributed by atoms with E-state index in [1.165, 1.54) is 0 Å². The van der Waals surface area contributed by atoms with Gasteiger partial charge in [-0.1, -0.05) is 24.6 Å². The molecule has 0 aliphatic heterocycles. The first-order valence-electron chi connectivity index (χ1n) is 8.48. The maximum Gasteiger partial charge on any atom is 0.233 e. The maximum atomic E-state index is 12.5. The van der Waals surface area contributed by atoms with Crippen molar-refractivity contribution in [1.29, 1.82) is 0 Å². The molecule has 26 heavy (non-hydrogen) atoms. The molecule has 0 aromatic heterocycles. The molecule has 1 atom stereocenters. The van der Waals surface area contributed by atoms with Gasteiger partial charge in [-0.15, -0.1) is 11.8 Å². The second kappa shape index (κ2) is 10.3. The first-order valence-corrected chi connectivity index (χ1v) is 9.74. The lowest BCUT2D eigenvalue weighted by Crippen LogP contribution is -2.33. The third-order valence-electron chi connectivity index (χ3n) is 3.92. The average Bonchev–Trinajstić information content (AvgIpc) is 2.67. The Hall–Kier alpha value is -1.85. The summed E-state index contributed by atoms with van der Waals surface area (Å²) in [5, 5.41) is 3.59. The van der Waals surface area contributed by atoms with E-state index in [0.29, 0.717) is 23.1 Å². The lowest BCUT2D eigenvalue weighted by Gasteiger charge is -2.15. The van der Waals surface area contributed by atoms with Crippen molar-refractivity contribution in [3.05, 3.63) is 53.1 Å². The average molecular weight is 394 g/mol. The molecule has 1 N–H and O–H groups in total. The van der Waals surface area contributed by atoms with Gasteiger partial charge in [0.15, 0.2) is 11.5 Å². The Labute approximate surface area is 164 Å². The van der Waals surface area contributed by atoms with E-state index in [9.17, 15) is 4.79 Å². The predicted octanol–water partition coefficient (Wildman–Crippen LogP) is 4.59. The molecule has 0 aliphatic rings. The number of carbonyl (C=O) groups is 1. The molecule has 0 radical (unpaired) electrons. The van der Waals surface area contributed by atoms with Gasteiger partial charge in [0.1, 0.15) is 0 Å². The second-order valence-electron chi connectivity index (χ2n) is 5.70. The summed E-state index contributed by atoms with van der Waals surface area (Å²) in [5.41, 5.74) is 1.08. The van der Waals surface area contributed by atoms with Gasteiger partial charge in [0.05, 0.1) is 19.5 Å². The molecule has 6 heteroatoms. The van der Waals surface area contributed by atoms with Gasteiger partial charge in [-0.05, 0) is 54.8 Å². The molecule has 0 saturated carbocycles. The Kier molecular flexibility index (Phi) is 8.13. The van der Waals surface area contributed by atoms with Gasteiger partial charge in [0.2, 0.25) is 5.91 Å². The molecule has 2 aromatic carbocycles. The van der Waals surface area contributed by atoms with E-state index in [2.05, 4.69) is 5.32 Å². The summed E-state index contributed by atoms with van der Waals surface area (Å²) >= 11 is 7.46. The quantitative estimate of drug-likeness (QED) is 0.633. The van der Waals surface area contributed by atoms with Gasteiger partial charge >= 0.3 is 0 Å². The van der Waals surface area contributed by atoms with Crippen LogP contribution in [0.2, 0.25) is 5.02 Å². The van der Waals surface area contributed by atoms with Crippen LogP contribution in [0.25, 0.3) is 0 Å². The van der Waals surface area contributed by atoms with E-state index in [-0.39, 0.29) is 11.2 Å². The fourth-order valence-electron chi connectivity index (χ4n) is 2.48. The number of nitrogens with one attached hydrogen (secondary N) is 1. The number of carbonyl (C=O) groups excluding carboxylic acids is 1. The summed E-state index contributed by atoms with van der Waals surface area (Å²) < 4.78 is 10.5. The lowest BCUT2D eigenvalue weighted by molar-refractivity contribution is -0.120. The van der Waals surface area contributed by atoms with Gasteiger partial charge < -0.3 is 14.8 Å². The summed E-state index contributed by atoms with van der Waals surface area (Å²) in [5.74, 6) is 1.44. The number of halogens is 1. The van der Waals surface area contributed by atoms with Crippen LogP contribution in [0.1, 0.15) is 18.9 Å². The summed E-state index contributed by atoms with van der Waals surface area (Å²) in [6.45, 7) is 2.59. The van der Waals surface area contributed by atoms with E-state index < -0.39 is 0 Å². The monoisotopic (exact) mass is 393 g/mol. The molecule has 0 bridgehead atoms. The molecule has 0 heterocycles. The molecule has 2 rings (SSSR count). The van der Waals surface area contributed by atoms with Crippen LogP contribution in [-0.2, 0) is 11.2 Å². The standard InChI is InChI=1S/C20H24ClNO3S/c1-4-19(26-16-8-6-15(21)7-9-16)20(23)22-12-11-14-5-10-17(24-2)18(13-14)25-3/h5-10,13,19H,4,11-12H2,1-3H3,(H,22,23). The zero-order valence-electron chi connectivity index (χ0n) is 15.3. The van der Waals surface area contributed by atoms with Crippen LogP contribution in [0.5, 0.6) is 11.5 Å². The first kappa shape index (κ1) is 20.5. The normalized spacial score (nSPS) is 11.7. The molecule has 0 fully saturated rings. The molecular weight excluding hydrogens is 370 g/mol. The van der Waals surface area contributed by atoms with E-state index in [4.69, 9.17) is 21.1 Å². The van der Waals surface area contributed by atoms with Gasteiger partial charge in [0.25, 0.3) is 0 Å². The number of ether oxygens (including phenoxy) is 2.